The molecule has 6 nitrogen and oxygen atoms in total. The van der Waals surface area contributed by atoms with Crippen LogP contribution in [0.2, 0.25) is 0 Å². The number of carbonyl (C=O) groups is 1. The van der Waals surface area contributed by atoms with Gasteiger partial charge in [0.05, 0.1) is 30.4 Å². The van der Waals surface area contributed by atoms with Gasteiger partial charge in [0.2, 0.25) is 0 Å². The fourth-order valence-electron chi connectivity index (χ4n) is 1.80. The number of fused-ring (bicyclic) bond motifs is 1. The Labute approximate surface area is 118 Å². The third kappa shape index (κ3) is 2.54. The minimum absolute atomic E-state index is 0.117. The summed E-state index contributed by atoms with van der Waals surface area (Å²) < 4.78 is 13.0. The SMILES string of the molecule is O=C(NC[C@H](O)c1ccoc1)c1ccc2nsnc2c1. The highest BCUT2D eigenvalue weighted by Crippen LogP contribution is 2.14. The number of carbonyl (C=O) groups excluding carboxylic acids is 1. The fraction of sp³-hybridized carbons (Fsp3) is 0.154. The van der Waals surface area contributed by atoms with Gasteiger partial charge in [-0.25, -0.2) is 0 Å². The van der Waals surface area contributed by atoms with Gasteiger partial charge in [-0.3, -0.25) is 4.79 Å². The topological polar surface area (TPSA) is 88.2 Å². The predicted molar refractivity (Wildman–Crippen MR) is 73.4 cm³/mol. The van der Waals surface area contributed by atoms with E-state index < -0.39 is 6.10 Å². The summed E-state index contributed by atoms with van der Waals surface area (Å²) in [6.45, 7) is 0.117. The van der Waals surface area contributed by atoms with E-state index in [1.54, 1.807) is 24.3 Å². The van der Waals surface area contributed by atoms with E-state index in [1.807, 2.05) is 0 Å². The van der Waals surface area contributed by atoms with Gasteiger partial charge in [0.1, 0.15) is 11.0 Å². The molecule has 0 bridgehead atoms. The van der Waals surface area contributed by atoms with E-state index in [-0.39, 0.29) is 12.5 Å². The minimum atomic E-state index is -0.789. The zero-order valence-electron chi connectivity index (χ0n) is 10.3. The Morgan fingerprint density at radius 2 is 2.20 bits per heavy atom. The van der Waals surface area contributed by atoms with Gasteiger partial charge in [-0.05, 0) is 24.3 Å². The van der Waals surface area contributed by atoms with Crippen molar-refractivity contribution in [3.63, 3.8) is 0 Å². The largest absolute Gasteiger partial charge is 0.472 e. The zero-order valence-corrected chi connectivity index (χ0v) is 11.1. The molecule has 0 unspecified atom stereocenters. The average Bonchev–Trinajstić information content (AvgIpc) is 3.13. The summed E-state index contributed by atoms with van der Waals surface area (Å²) in [7, 11) is 0. The number of furan rings is 1. The van der Waals surface area contributed by atoms with Crippen molar-refractivity contribution >= 4 is 28.7 Å². The Morgan fingerprint density at radius 3 is 3.00 bits per heavy atom. The summed E-state index contributed by atoms with van der Waals surface area (Å²) in [6.07, 6.45) is 2.13. The number of aromatic nitrogens is 2. The van der Waals surface area contributed by atoms with Crippen LogP contribution in [0.3, 0.4) is 0 Å². The third-order valence-electron chi connectivity index (χ3n) is 2.90. The van der Waals surface area contributed by atoms with Gasteiger partial charge in [-0.2, -0.15) is 8.75 Å². The maximum Gasteiger partial charge on any atom is 0.251 e. The molecule has 2 heterocycles. The molecule has 7 heteroatoms. The summed E-state index contributed by atoms with van der Waals surface area (Å²) in [4.78, 5) is 12.0. The van der Waals surface area contributed by atoms with Gasteiger partial charge in [0.25, 0.3) is 5.91 Å². The van der Waals surface area contributed by atoms with Crippen LogP contribution in [-0.2, 0) is 0 Å². The first kappa shape index (κ1) is 12.8. The molecule has 0 radical (unpaired) electrons. The summed E-state index contributed by atoms with van der Waals surface area (Å²) in [5.74, 6) is -0.262. The van der Waals surface area contributed by atoms with Crippen LogP contribution in [0, 0.1) is 0 Å². The highest BCUT2D eigenvalue weighted by atomic mass is 32.1. The molecule has 1 aromatic carbocycles. The van der Waals surface area contributed by atoms with E-state index in [0.29, 0.717) is 16.6 Å². The van der Waals surface area contributed by atoms with Gasteiger partial charge in [0, 0.05) is 17.7 Å². The molecule has 0 saturated carbocycles. The molecule has 0 fully saturated rings. The zero-order chi connectivity index (χ0) is 13.9. The van der Waals surface area contributed by atoms with Crippen molar-refractivity contribution in [3.8, 4) is 0 Å². The molecule has 102 valence electrons. The number of aliphatic hydroxyl groups excluding tert-OH is 1. The molecule has 3 aromatic rings. The molecule has 1 atom stereocenters. The second kappa shape index (κ2) is 5.40. The maximum absolute atomic E-state index is 12.0. The molecule has 0 aliphatic rings. The number of amides is 1. The molecule has 1 amide bonds. The predicted octanol–water partition coefficient (Wildman–Crippen LogP) is 1.75. The van der Waals surface area contributed by atoms with Gasteiger partial charge >= 0.3 is 0 Å². The molecule has 0 saturated heterocycles. The van der Waals surface area contributed by atoms with Gasteiger partial charge in [-0.15, -0.1) is 0 Å². The standard InChI is InChI=1S/C13H11N3O3S/c17-12(9-3-4-19-7-9)6-14-13(18)8-1-2-10-11(5-8)16-20-15-10/h1-5,7,12,17H,6H2,(H,14,18)/t12-/m0/s1. The first-order chi connectivity index (χ1) is 9.74. The minimum Gasteiger partial charge on any atom is -0.472 e. The van der Waals surface area contributed by atoms with Crippen LogP contribution in [-0.4, -0.2) is 26.3 Å². The van der Waals surface area contributed by atoms with E-state index in [2.05, 4.69) is 14.1 Å². The molecule has 2 N–H and O–H groups in total. The Kier molecular flexibility index (Phi) is 3.44. The van der Waals surface area contributed by atoms with Gasteiger partial charge < -0.3 is 14.8 Å². The quantitative estimate of drug-likeness (QED) is 0.764. The molecule has 0 aliphatic carbocycles. The van der Waals surface area contributed by atoms with Crippen LogP contribution in [0.1, 0.15) is 22.0 Å². The van der Waals surface area contributed by atoms with Crippen LogP contribution in [0.15, 0.2) is 41.2 Å². The summed E-state index contributed by atoms with van der Waals surface area (Å²) in [5.41, 5.74) is 2.58. The Bertz CT molecular complexity index is 723. The van der Waals surface area contributed by atoms with Crippen molar-refractivity contribution in [2.45, 2.75) is 6.10 Å². The summed E-state index contributed by atoms with van der Waals surface area (Å²) >= 11 is 1.11. The van der Waals surface area contributed by atoms with Crippen LogP contribution in [0.25, 0.3) is 11.0 Å². The number of benzene rings is 1. The third-order valence-corrected chi connectivity index (χ3v) is 3.46. The molecule has 3 rings (SSSR count). The van der Waals surface area contributed by atoms with Crippen molar-refractivity contribution in [1.82, 2.24) is 14.1 Å². The first-order valence-electron chi connectivity index (χ1n) is 5.95. The van der Waals surface area contributed by atoms with E-state index in [4.69, 9.17) is 4.42 Å². The van der Waals surface area contributed by atoms with Crippen LogP contribution in [0.4, 0.5) is 0 Å². The Hall–Kier alpha value is -2.25. The van der Waals surface area contributed by atoms with Crippen LogP contribution in [0.5, 0.6) is 0 Å². The second-order valence-electron chi connectivity index (χ2n) is 4.25. The monoisotopic (exact) mass is 289 g/mol. The molecule has 2 aromatic heterocycles. The lowest BCUT2D eigenvalue weighted by Gasteiger charge is -2.10. The lowest BCUT2D eigenvalue weighted by molar-refractivity contribution is 0.0916. The van der Waals surface area contributed by atoms with Gasteiger partial charge in [-0.1, -0.05) is 0 Å². The Morgan fingerprint density at radius 1 is 1.35 bits per heavy atom. The van der Waals surface area contributed by atoms with E-state index in [9.17, 15) is 9.90 Å². The lowest BCUT2D eigenvalue weighted by atomic mass is 10.1. The summed E-state index contributed by atoms with van der Waals surface area (Å²) in [5, 5.41) is 12.5. The summed E-state index contributed by atoms with van der Waals surface area (Å²) in [6, 6.07) is 6.77. The van der Waals surface area contributed by atoms with E-state index >= 15 is 0 Å². The van der Waals surface area contributed by atoms with E-state index in [1.165, 1.54) is 12.5 Å². The molecule has 0 spiro atoms. The second-order valence-corrected chi connectivity index (χ2v) is 4.78. The van der Waals surface area contributed by atoms with Crippen molar-refractivity contribution in [2.24, 2.45) is 0 Å². The van der Waals surface area contributed by atoms with Crippen LogP contribution < -0.4 is 5.32 Å². The fourth-order valence-corrected chi connectivity index (χ4v) is 2.31. The van der Waals surface area contributed by atoms with E-state index in [0.717, 1.165) is 17.2 Å². The molecule has 20 heavy (non-hydrogen) atoms. The number of rotatable bonds is 4. The van der Waals surface area contributed by atoms with Crippen molar-refractivity contribution in [1.29, 1.82) is 0 Å². The average molecular weight is 289 g/mol. The maximum atomic E-state index is 12.0. The first-order valence-corrected chi connectivity index (χ1v) is 6.68. The van der Waals surface area contributed by atoms with Crippen molar-refractivity contribution in [2.75, 3.05) is 6.54 Å². The molecular formula is C13H11N3O3S. The molecular weight excluding hydrogens is 278 g/mol. The van der Waals surface area contributed by atoms with Crippen LogP contribution >= 0.6 is 11.7 Å². The number of aliphatic hydroxyl groups is 1. The number of nitrogens with zero attached hydrogens (tertiary/aromatic N) is 2. The Balaban J connectivity index is 1.66. The lowest BCUT2D eigenvalue weighted by Crippen LogP contribution is -2.28. The smallest absolute Gasteiger partial charge is 0.251 e. The number of hydrogen-bond donors (Lipinski definition) is 2. The molecule has 0 aliphatic heterocycles. The number of nitrogens with one attached hydrogen (secondary N) is 1. The highest BCUT2D eigenvalue weighted by Gasteiger charge is 2.12. The van der Waals surface area contributed by atoms with Gasteiger partial charge in [0.15, 0.2) is 0 Å². The van der Waals surface area contributed by atoms with Crippen molar-refractivity contribution in [3.05, 3.63) is 47.9 Å². The normalized spacial score (nSPS) is 12.4. The highest BCUT2D eigenvalue weighted by molar-refractivity contribution is 7.00. The van der Waals surface area contributed by atoms with Crippen molar-refractivity contribution < 1.29 is 14.3 Å². The number of hydrogen-bond acceptors (Lipinski definition) is 6.